The molecule has 1 heterocycles. The van der Waals surface area contributed by atoms with E-state index in [2.05, 4.69) is 27.2 Å². The summed E-state index contributed by atoms with van der Waals surface area (Å²) in [5, 5.41) is 12.9. The fourth-order valence-electron chi connectivity index (χ4n) is 0.852. The van der Waals surface area contributed by atoms with Gasteiger partial charge in [-0.05, 0) is 38.1 Å². The number of carbonyl (C=O) groups excluding carboxylic acids is 1. The lowest BCUT2D eigenvalue weighted by atomic mass is 10.2. The highest BCUT2D eigenvalue weighted by Crippen LogP contribution is 2.07. The molecule has 0 aliphatic carbocycles. The summed E-state index contributed by atoms with van der Waals surface area (Å²) in [5.41, 5.74) is -0.520. The number of alkyl carbamates (subject to hydrolysis) is 1. The van der Waals surface area contributed by atoms with E-state index >= 15 is 0 Å². The molecule has 0 aliphatic heterocycles. The van der Waals surface area contributed by atoms with E-state index < -0.39 is 17.9 Å². The number of nitrogens with one attached hydrogen (secondary N) is 1. The first kappa shape index (κ1) is 11.4. The molecule has 1 radical (unpaired) electrons. The quantitative estimate of drug-likeness (QED) is 0.772. The molecular formula is C8H14N5O2. The third kappa shape index (κ3) is 3.92. The zero-order valence-corrected chi connectivity index (χ0v) is 9.18. The van der Waals surface area contributed by atoms with Gasteiger partial charge >= 0.3 is 6.09 Å². The van der Waals surface area contributed by atoms with E-state index in [0.717, 1.165) is 0 Å². The van der Waals surface area contributed by atoms with Gasteiger partial charge in [0.05, 0.1) is 0 Å². The van der Waals surface area contributed by atoms with Crippen molar-refractivity contribution in [2.24, 2.45) is 0 Å². The van der Waals surface area contributed by atoms with Crippen LogP contribution in [0.15, 0.2) is 0 Å². The second-order valence-electron chi connectivity index (χ2n) is 4.05. The monoisotopic (exact) mass is 212 g/mol. The lowest BCUT2D eigenvalue weighted by Gasteiger charge is -2.21. The summed E-state index contributed by atoms with van der Waals surface area (Å²) < 4.78 is 6.36. The average Bonchev–Trinajstić information content (AvgIpc) is 2.50. The Balaban J connectivity index is 2.45. The fourth-order valence-corrected chi connectivity index (χ4v) is 0.852. The zero-order chi connectivity index (χ0) is 11.5. The minimum Gasteiger partial charge on any atom is -0.444 e. The molecule has 1 aromatic rings. The minimum absolute atomic E-state index is 0.394. The summed E-state index contributed by atoms with van der Waals surface area (Å²) in [6.45, 7) is 7.10. The van der Waals surface area contributed by atoms with Gasteiger partial charge in [-0.25, -0.2) is 4.79 Å². The van der Waals surface area contributed by atoms with Crippen molar-refractivity contribution in [1.29, 1.82) is 0 Å². The molecule has 7 nitrogen and oxygen atoms in total. The molecule has 0 aromatic carbocycles. The summed E-state index contributed by atoms with van der Waals surface area (Å²) in [6.07, 6.45) is 1.57. The molecule has 0 saturated carbocycles. The molecule has 0 spiro atoms. The smallest absolute Gasteiger partial charge is 0.409 e. The van der Waals surface area contributed by atoms with Crippen LogP contribution in [0.25, 0.3) is 0 Å². The number of ether oxygens (including phenoxy) is 1. The van der Waals surface area contributed by atoms with Gasteiger partial charge in [-0.1, -0.05) is 0 Å². The van der Waals surface area contributed by atoms with Crippen LogP contribution in [0, 0.1) is 6.33 Å². The van der Waals surface area contributed by atoms with E-state index in [-0.39, 0.29) is 0 Å². The van der Waals surface area contributed by atoms with Gasteiger partial charge in [-0.3, -0.25) is 5.32 Å². The second-order valence-corrected chi connectivity index (χ2v) is 4.05. The summed E-state index contributed by atoms with van der Waals surface area (Å²) in [6, 6.07) is 0. The van der Waals surface area contributed by atoms with Crippen molar-refractivity contribution in [1.82, 2.24) is 25.5 Å². The Morgan fingerprint density at radius 2 is 2.20 bits per heavy atom. The van der Waals surface area contributed by atoms with Crippen molar-refractivity contribution < 1.29 is 9.53 Å². The summed E-state index contributed by atoms with van der Waals surface area (Å²) in [5.74, 6) is 0. The van der Waals surface area contributed by atoms with Crippen molar-refractivity contribution in [3.63, 3.8) is 0 Å². The molecule has 0 fully saturated rings. The van der Waals surface area contributed by atoms with Crippen molar-refractivity contribution in [3.8, 4) is 0 Å². The van der Waals surface area contributed by atoms with Crippen LogP contribution in [0.1, 0.15) is 33.9 Å². The van der Waals surface area contributed by atoms with Crippen LogP contribution in [0.5, 0.6) is 0 Å². The third-order valence-electron chi connectivity index (χ3n) is 1.42. The van der Waals surface area contributed by atoms with Crippen LogP contribution in [0.2, 0.25) is 0 Å². The standard InChI is InChI=1S/C8H14N5O2/c1-6(13-5-9-11-12-13)10-7(14)15-8(2,3)4/h6H,1-4H3,(H,10,14). The summed E-state index contributed by atoms with van der Waals surface area (Å²) in [7, 11) is 0. The molecule has 1 N–H and O–H groups in total. The third-order valence-corrected chi connectivity index (χ3v) is 1.42. The number of carbonyl (C=O) groups is 1. The molecule has 15 heavy (non-hydrogen) atoms. The number of amides is 1. The maximum Gasteiger partial charge on any atom is 0.409 e. The SMILES string of the molecule is CC(NC(=O)OC(C)(C)C)n1[c]nnn1. The Bertz CT molecular complexity index is 316. The molecule has 0 aliphatic rings. The van der Waals surface area contributed by atoms with Crippen molar-refractivity contribution in [2.45, 2.75) is 39.5 Å². The van der Waals surface area contributed by atoms with E-state index in [0.29, 0.717) is 0 Å². The number of hydrogen-bond donors (Lipinski definition) is 1. The number of hydrogen-bond acceptors (Lipinski definition) is 5. The summed E-state index contributed by atoms with van der Waals surface area (Å²) >= 11 is 0. The first-order valence-electron chi connectivity index (χ1n) is 4.53. The molecule has 1 amide bonds. The molecule has 1 atom stereocenters. The van der Waals surface area contributed by atoms with Gasteiger partial charge in [0, 0.05) is 0 Å². The molecule has 0 bridgehead atoms. The maximum absolute atomic E-state index is 11.3. The Morgan fingerprint density at radius 1 is 1.53 bits per heavy atom. The second kappa shape index (κ2) is 4.24. The molecule has 1 aromatic heterocycles. The largest absolute Gasteiger partial charge is 0.444 e. The van der Waals surface area contributed by atoms with E-state index in [1.807, 2.05) is 0 Å². The topological polar surface area (TPSA) is 81.9 Å². The molecule has 83 valence electrons. The highest BCUT2D eigenvalue weighted by Gasteiger charge is 2.18. The van der Waals surface area contributed by atoms with Crippen LogP contribution in [-0.4, -0.2) is 31.9 Å². The van der Waals surface area contributed by atoms with Gasteiger partial charge in [-0.15, -0.1) is 5.10 Å². The van der Waals surface area contributed by atoms with Gasteiger partial charge in [0.25, 0.3) is 0 Å². The lowest BCUT2D eigenvalue weighted by Crippen LogP contribution is -2.36. The predicted octanol–water partition coefficient (Wildman–Crippen LogP) is 0.516. The van der Waals surface area contributed by atoms with Gasteiger partial charge in [0.15, 0.2) is 0 Å². The number of tetrazole rings is 1. The highest BCUT2D eigenvalue weighted by atomic mass is 16.6. The van der Waals surface area contributed by atoms with Crippen molar-refractivity contribution in [3.05, 3.63) is 6.33 Å². The predicted molar refractivity (Wildman–Crippen MR) is 50.7 cm³/mol. The van der Waals surface area contributed by atoms with Crippen LogP contribution < -0.4 is 5.32 Å². The Labute approximate surface area is 87.8 Å². The van der Waals surface area contributed by atoms with Crippen LogP contribution in [-0.2, 0) is 4.74 Å². The molecule has 1 unspecified atom stereocenters. The lowest BCUT2D eigenvalue weighted by molar-refractivity contribution is 0.0483. The normalized spacial score (nSPS) is 13.3. The average molecular weight is 212 g/mol. The number of aromatic nitrogens is 4. The summed E-state index contributed by atoms with van der Waals surface area (Å²) in [4.78, 5) is 11.3. The Hall–Kier alpha value is -1.66. The minimum atomic E-state index is -0.520. The van der Waals surface area contributed by atoms with E-state index in [1.165, 1.54) is 4.68 Å². The van der Waals surface area contributed by atoms with E-state index in [1.54, 1.807) is 27.7 Å². The van der Waals surface area contributed by atoms with Crippen molar-refractivity contribution >= 4 is 6.09 Å². The molecule has 7 heteroatoms. The molecular weight excluding hydrogens is 198 g/mol. The number of nitrogens with zero attached hydrogens (tertiary/aromatic N) is 4. The van der Waals surface area contributed by atoms with Crippen LogP contribution in [0.4, 0.5) is 4.79 Å². The fraction of sp³-hybridized carbons (Fsp3) is 0.750. The van der Waals surface area contributed by atoms with Crippen LogP contribution >= 0.6 is 0 Å². The van der Waals surface area contributed by atoms with Crippen molar-refractivity contribution in [2.75, 3.05) is 0 Å². The first-order valence-corrected chi connectivity index (χ1v) is 4.53. The van der Waals surface area contributed by atoms with Gasteiger partial charge in [0.2, 0.25) is 6.33 Å². The van der Waals surface area contributed by atoms with Gasteiger partial charge < -0.3 is 4.74 Å². The molecule has 0 saturated heterocycles. The van der Waals surface area contributed by atoms with Crippen LogP contribution in [0.3, 0.4) is 0 Å². The maximum atomic E-state index is 11.3. The van der Waals surface area contributed by atoms with E-state index in [9.17, 15) is 4.79 Å². The first-order chi connectivity index (χ1) is 6.88. The van der Waals surface area contributed by atoms with Gasteiger partial charge in [-0.2, -0.15) is 4.68 Å². The number of rotatable bonds is 2. The zero-order valence-electron chi connectivity index (χ0n) is 9.18. The van der Waals surface area contributed by atoms with E-state index in [4.69, 9.17) is 4.74 Å². The van der Waals surface area contributed by atoms with Gasteiger partial charge in [0.1, 0.15) is 11.8 Å². The molecule has 1 rings (SSSR count). The highest BCUT2D eigenvalue weighted by molar-refractivity contribution is 5.67. The Morgan fingerprint density at radius 3 is 2.67 bits per heavy atom. The Kier molecular flexibility index (Phi) is 3.23.